The first-order valence-electron chi connectivity index (χ1n) is 7.66. The van der Waals surface area contributed by atoms with Crippen LogP contribution in [0.5, 0.6) is 5.88 Å². The predicted molar refractivity (Wildman–Crippen MR) is 85.2 cm³/mol. The van der Waals surface area contributed by atoms with E-state index in [-0.39, 0.29) is 11.2 Å². The van der Waals surface area contributed by atoms with Gasteiger partial charge in [-0.3, -0.25) is 0 Å². The van der Waals surface area contributed by atoms with E-state index in [0.717, 1.165) is 18.4 Å². The summed E-state index contributed by atoms with van der Waals surface area (Å²) in [5, 5.41) is 3.32. The fourth-order valence-electron chi connectivity index (χ4n) is 3.00. The third-order valence-corrected chi connectivity index (χ3v) is 4.34. The Morgan fingerprint density at radius 3 is 2.78 bits per heavy atom. The van der Waals surface area contributed by atoms with Crippen LogP contribution in [-0.4, -0.2) is 36.8 Å². The highest BCUT2D eigenvalue weighted by atomic mass is 19.1. The van der Waals surface area contributed by atoms with E-state index in [4.69, 9.17) is 9.47 Å². The molecule has 0 spiro atoms. The summed E-state index contributed by atoms with van der Waals surface area (Å²) < 4.78 is 24.4. The number of aromatic nitrogens is 2. The molecule has 23 heavy (non-hydrogen) atoms. The van der Waals surface area contributed by atoms with Crippen LogP contribution in [0.1, 0.15) is 18.4 Å². The van der Waals surface area contributed by atoms with Gasteiger partial charge in [0.2, 0.25) is 0 Å². The maximum Gasteiger partial charge on any atom is 0.257 e. The Morgan fingerprint density at radius 2 is 2.04 bits per heavy atom. The summed E-state index contributed by atoms with van der Waals surface area (Å²) in [6.07, 6.45) is 4.85. The SMILES string of the molecule is COc1nccnc1NCC1(c2cccc(F)c2)CCOCC1. The van der Waals surface area contributed by atoms with E-state index in [1.165, 1.54) is 6.07 Å². The zero-order chi connectivity index (χ0) is 16.1. The van der Waals surface area contributed by atoms with Crippen molar-refractivity contribution in [2.24, 2.45) is 0 Å². The lowest BCUT2D eigenvalue weighted by atomic mass is 9.74. The molecule has 1 aliphatic rings. The summed E-state index contributed by atoms with van der Waals surface area (Å²) in [5.74, 6) is 0.830. The molecule has 1 aromatic heterocycles. The molecule has 2 aromatic rings. The van der Waals surface area contributed by atoms with Crippen molar-refractivity contribution in [1.82, 2.24) is 9.97 Å². The van der Waals surface area contributed by atoms with Crippen LogP contribution in [0, 0.1) is 5.82 Å². The summed E-state index contributed by atoms with van der Waals surface area (Å²) in [6, 6.07) is 6.81. The van der Waals surface area contributed by atoms with Gasteiger partial charge in [0.15, 0.2) is 5.82 Å². The summed E-state index contributed by atoms with van der Waals surface area (Å²) in [6.45, 7) is 1.94. The van der Waals surface area contributed by atoms with Crippen LogP contribution in [0.25, 0.3) is 0 Å². The molecule has 3 rings (SSSR count). The quantitative estimate of drug-likeness (QED) is 0.919. The second kappa shape index (κ2) is 6.91. The lowest BCUT2D eigenvalue weighted by Crippen LogP contribution is -2.40. The highest BCUT2D eigenvalue weighted by Crippen LogP contribution is 2.35. The second-order valence-corrected chi connectivity index (χ2v) is 5.67. The monoisotopic (exact) mass is 317 g/mol. The number of anilines is 1. The van der Waals surface area contributed by atoms with Gasteiger partial charge in [0.1, 0.15) is 5.82 Å². The average Bonchev–Trinajstić information content (AvgIpc) is 2.61. The van der Waals surface area contributed by atoms with Gasteiger partial charge in [-0.15, -0.1) is 0 Å². The van der Waals surface area contributed by atoms with Gasteiger partial charge >= 0.3 is 0 Å². The van der Waals surface area contributed by atoms with Crippen LogP contribution in [0.3, 0.4) is 0 Å². The highest BCUT2D eigenvalue weighted by Gasteiger charge is 2.35. The van der Waals surface area contributed by atoms with Crippen molar-refractivity contribution in [2.75, 3.05) is 32.2 Å². The van der Waals surface area contributed by atoms with Gasteiger partial charge in [-0.05, 0) is 30.5 Å². The molecule has 0 amide bonds. The third-order valence-electron chi connectivity index (χ3n) is 4.34. The van der Waals surface area contributed by atoms with Gasteiger partial charge in [-0.1, -0.05) is 12.1 Å². The first-order chi connectivity index (χ1) is 11.2. The maximum atomic E-state index is 13.7. The summed E-state index contributed by atoms with van der Waals surface area (Å²) in [5.41, 5.74) is 0.791. The van der Waals surface area contributed by atoms with Crippen LogP contribution < -0.4 is 10.1 Å². The standard InChI is InChI=1S/C17H20FN3O2/c1-22-16-15(19-7-8-20-16)21-12-17(5-9-23-10-6-17)13-3-2-4-14(18)11-13/h2-4,7-8,11H,5-6,9-10,12H2,1H3,(H,19,21). The number of rotatable bonds is 5. The molecule has 0 unspecified atom stereocenters. The number of hydrogen-bond donors (Lipinski definition) is 1. The first-order valence-corrected chi connectivity index (χ1v) is 7.66. The van der Waals surface area contributed by atoms with E-state index >= 15 is 0 Å². The molecule has 2 heterocycles. The zero-order valence-electron chi connectivity index (χ0n) is 13.1. The van der Waals surface area contributed by atoms with Crippen LogP contribution in [0.15, 0.2) is 36.7 Å². The van der Waals surface area contributed by atoms with Crippen molar-refractivity contribution in [3.05, 3.63) is 48.0 Å². The Bertz CT molecular complexity index is 660. The lowest BCUT2D eigenvalue weighted by Gasteiger charge is -2.38. The molecule has 1 N–H and O–H groups in total. The number of nitrogens with one attached hydrogen (secondary N) is 1. The number of methoxy groups -OCH3 is 1. The Balaban J connectivity index is 1.85. The normalized spacial score (nSPS) is 16.8. The molecule has 1 saturated heterocycles. The molecule has 0 radical (unpaired) electrons. The van der Waals surface area contributed by atoms with Crippen molar-refractivity contribution in [3.8, 4) is 5.88 Å². The Labute approximate surface area is 134 Å². The maximum absolute atomic E-state index is 13.7. The summed E-state index contributed by atoms with van der Waals surface area (Å²) in [7, 11) is 1.56. The minimum atomic E-state index is -0.217. The first kappa shape index (κ1) is 15.7. The van der Waals surface area contributed by atoms with Gasteiger partial charge in [-0.25, -0.2) is 14.4 Å². The van der Waals surface area contributed by atoms with Crippen molar-refractivity contribution in [2.45, 2.75) is 18.3 Å². The molecule has 1 fully saturated rings. The highest BCUT2D eigenvalue weighted by molar-refractivity contribution is 5.45. The van der Waals surface area contributed by atoms with Crippen molar-refractivity contribution in [1.29, 1.82) is 0 Å². The summed E-state index contributed by atoms with van der Waals surface area (Å²) >= 11 is 0. The molecule has 0 bridgehead atoms. The molecule has 0 atom stereocenters. The number of halogens is 1. The van der Waals surface area contributed by atoms with Gasteiger partial charge in [-0.2, -0.15) is 0 Å². The van der Waals surface area contributed by atoms with E-state index < -0.39 is 0 Å². The van der Waals surface area contributed by atoms with Crippen molar-refractivity contribution < 1.29 is 13.9 Å². The molecule has 122 valence electrons. The molecule has 1 aromatic carbocycles. The zero-order valence-corrected chi connectivity index (χ0v) is 13.1. The largest absolute Gasteiger partial charge is 0.478 e. The minimum absolute atomic E-state index is 0.192. The fraction of sp³-hybridized carbons (Fsp3) is 0.412. The average molecular weight is 317 g/mol. The Hall–Kier alpha value is -2.21. The molecule has 0 aliphatic carbocycles. The number of nitrogens with zero attached hydrogens (tertiary/aromatic N) is 2. The van der Waals surface area contributed by atoms with Gasteiger partial charge < -0.3 is 14.8 Å². The molecular formula is C17H20FN3O2. The van der Waals surface area contributed by atoms with Gasteiger partial charge in [0, 0.05) is 37.6 Å². The number of hydrogen-bond acceptors (Lipinski definition) is 5. The number of benzene rings is 1. The fourth-order valence-corrected chi connectivity index (χ4v) is 3.00. The molecule has 6 heteroatoms. The smallest absolute Gasteiger partial charge is 0.257 e. The Morgan fingerprint density at radius 1 is 1.26 bits per heavy atom. The van der Waals surface area contributed by atoms with Crippen molar-refractivity contribution in [3.63, 3.8) is 0 Å². The van der Waals surface area contributed by atoms with Crippen LogP contribution in [0.4, 0.5) is 10.2 Å². The van der Waals surface area contributed by atoms with E-state index in [2.05, 4.69) is 15.3 Å². The van der Waals surface area contributed by atoms with Crippen LogP contribution in [-0.2, 0) is 10.2 Å². The van der Waals surface area contributed by atoms with Gasteiger partial charge in [0.05, 0.1) is 7.11 Å². The third kappa shape index (κ3) is 3.42. The molecular weight excluding hydrogens is 297 g/mol. The van der Waals surface area contributed by atoms with E-state index in [1.807, 2.05) is 6.07 Å². The lowest BCUT2D eigenvalue weighted by molar-refractivity contribution is 0.0542. The van der Waals surface area contributed by atoms with Crippen molar-refractivity contribution >= 4 is 5.82 Å². The topological polar surface area (TPSA) is 56.3 Å². The molecule has 0 saturated carbocycles. The predicted octanol–water partition coefficient (Wildman–Crippen LogP) is 2.78. The second-order valence-electron chi connectivity index (χ2n) is 5.67. The van der Waals surface area contributed by atoms with Crippen LogP contribution >= 0.6 is 0 Å². The minimum Gasteiger partial charge on any atom is -0.478 e. The molecule has 1 aliphatic heterocycles. The van der Waals surface area contributed by atoms with E-state index in [9.17, 15) is 4.39 Å². The summed E-state index contributed by atoms with van der Waals surface area (Å²) in [4.78, 5) is 8.41. The molecule has 5 nitrogen and oxygen atoms in total. The number of ether oxygens (including phenoxy) is 2. The van der Waals surface area contributed by atoms with E-state index in [1.54, 1.807) is 31.6 Å². The van der Waals surface area contributed by atoms with Gasteiger partial charge in [0.25, 0.3) is 5.88 Å². The van der Waals surface area contributed by atoms with E-state index in [0.29, 0.717) is 31.5 Å². The Kier molecular flexibility index (Phi) is 4.71. The van der Waals surface area contributed by atoms with Crippen LogP contribution in [0.2, 0.25) is 0 Å².